The second kappa shape index (κ2) is 6.03. The SMILES string of the molecule is CCc1nn(CC(F)F)c(=O)c(-c2ccccc2C)c1O. The summed E-state index contributed by atoms with van der Waals surface area (Å²) < 4.78 is 25.9. The molecule has 0 bridgehead atoms. The van der Waals surface area contributed by atoms with E-state index in [9.17, 15) is 18.7 Å². The second-order valence-electron chi connectivity index (χ2n) is 4.72. The van der Waals surface area contributed by atoms with Crippen molar-refractivity contribution in [3.63, 3.8) is 0 Å². The van der Waals surface area contributed by atoms with Gasteiger partial charge in [0.2, 0.25) is 0 Å². The Bertz CT molecular complexity index is 711. The fourth-order valence-electron chi connectivity index (χ4n) is 2.20. The molecule has 2 aromatic rings. The minimum Gasteiger partial charge on any atom is -0.505 e. The largest absolute Gasteiger partial charge is 0.505 e. The van der Waals surface area contributed by atoms with Crippen molar-refractivity contribution in [1.82, 2.24) is 9.78 Å². The molecule has 112 valence electrons. The van der Waals surface area contributed by atoms with Crippen LogP contribution in [-0.2, 0) is 13.0 Å². The normalized spacial score (nSPS) is 11.1. The third kappa shape index (κ3) is 2.94. The van der Waals surface area contributed by atoms with Crippen LogP contribution in [0.5, 0.6) is 5.75 Å². The number of halogens is 2. The lowest BCUT2D eigenvalue weighted by Crippen LogP contribution is -2.28. The van der Waals surface area contributed by atoms with Gasteiger partial charge in [-0.15, -0.1) is 0 Å². The molecule has 0 aliphatic heterocycles. The predicted octanol–water partition coefficient (Wildman–Crippen LogP) is 2.75. The Hall–Kier alpha value is -2.24. The van der Waals surface area contributed by atoms with Gasteiger partial charge in [0.1, 0.15) is 12.2 Å². The summed E-state index contributed by atoms with van der Waals surface area (Å²) in [4.78, 5) is 12.4. The molecule has 0 saturated carbocycles. The summed E-state index contributed by atoms with van der Waals surface area (Å²) in [6, 6.07) is 7.00. The van der Waals surface area contributed by atoms with Crippen LogP contribution in [-0.4, -0.2) is 21.3 Å². The molecule has 1 aromatic heterocycles. The van der Waals surface area contributed by atoms with Crippen molar-refractivity contribution >= 4 is 0 Å². The monoisotopic (exact) mass is 294 g/mol. The third-order valence-electron chi connectivity index (χ3n) is 3.26. The maximum absolute atomic E-state index is 12.6. The molecule has 0 fully saturated rings. The molecular formula is C15H16F2N2O2. The van der Waals surface area contributed by atoms with Crippen molar-refractivity contribution in [1.29, 1.82) is 0 Å². The molecule has 6 heteroatoms. The minimum absolute atomic E-state index is 0.0283. The Morgan fingerprint density at radius 1 is 1.33 bits per heavy atom. The van der Waals surface area contributed by atoms with Gasteiger partial charge in [0, 0.05) is 0 Å². The van der Waals surface area contributed by atoms with Crippen molar-refractivity contribution in [2.75, 3.05) is 0 Å². The van der Waals surface area contributed by atoms with Gasteiger partial charge < -0.3 is 5.11 Å². The van der Waals surface area contributed by atoms with Crippen LogP contribution < -0.4 is 5.56 Å². The summed E-state index contributed by atoms with van der Waals surface area (Å²) in [6.45, 7) is 2.74. The average Bonchev–Trinajstić information content (AvgIpc) is 2.43. The highest BCUT2D eigenvalue weighted by atomic mass is 19.3. The Morgan fingerprint density at radius 2 is 2.00 bits per heavy atom. The fourth-order valence-corrected chi connectivity index (χ4v) is 2.20. The van der Waals surface area contributed by atoms with Gasteiger partial charge in [-0.05, 0) is 24.5 Å². The molecule has 4 nitrogen and oxygen atoms in total. The number of rotatable bonds is 4. The highest BCUT2D eigenvalue weighted by molar-refractivity contribution is 5.72. The number of hydrogen-bond donors (Lipinski definition) is 1. The van der Waals surface area contributed by atoms with E-state index in [0.29, 0.717) is 12.0 Å². The summed E-state index contributed by atoms with van der Waals surface area (Å²) in [5, 5.41) is 14.1. The molecule has 0 radical (unpaired) electrons. The summed E-state index contributed by atoms with van der Waals surface area (Å²) in [5.74, 6) is -0.234. The van der Waals surface area contributed by atoms with Crippen LogP contribution in [0.25, 0.3) is 11.1 Å². The standard InChI is InChI=1S/C15H16F2N2O2/c1-3-11-14(20)13(10-7-5-4-6-9(10)2)15(21)19(18-11)8-12(16)17/h4-7,12,20H,3,8H2,1-2H3. The van der Waals surface area contributed by atoms with E-state index in [1.165, 1.54) is 0 Å². The third-order valence-corrected chi connectivity index (χ3v) is 3.26. The fraction of sp³-hybridized carbons (Fsp3) is 0.333. The molecule has 21 heavy (non-hydrogen) atoms. The number of alkyl halides is 2. The number of benzene rings is 1. The number of aryl methyl sites for hydroxylation is 2. The van der Waals surface area contributed by atoms with Crippen molar-refractivity contribution < 1.29 is 13.9 Å². The van der Waals surface area contributed by atoms with Crippen LogP contribution in [0.3, 0.4) is 0 Å². The lowest BCUT2D eigenvalue weighted by molar-refractivity contribution is 0.119. The van der Waals surface area contributed by atoms with Gasteiger partial charge in [-0.3, -0.25) is 4.79 Å². The van der Waals surface area contributed by atoms with Crippen LogP contribution in [0.4, 0.5) is 8.78 Å². The maximum atomic E-state index is 12.6. The van der Waals surface area contributed by atoms with Gasteiger partial charge in [0.05, 0.1) is 5.56 Å². The molecule has 0 spiro atoms. The first-order valence-corrected chi connectivity index (χ1v) is 6.62. The number of hydrogen-bond acceptors (Lipinski definition) is 3. The number of aromatic nitrogens is 2. The molecule has 1 aromatic carbocycles. The van der Waals surface area contributed by atoms with Crippen molar-refractivity contribution in [2.45, 2.75) is 33.2 Å². The van der Waals surface area contributed by atoms with Crippen LogP contribution in [0, 0.1) is 6.92 Å². The number of aromatic hydroxyl groups is 1. The molecule has 0 unspecified atom stereocenters. The van der Waals surface area contributed by atoms with E-state index in [0.717, 1.165) is 10.2 Å². The van der Waals surface area contributed by atoms with Crippen molar-refractivity contribution in [3.8, 4) is 16.9 Å². The van der Waals surface area contributed by atoms with Gasteiger partial charge in [-0.1, -0.05) is 31.2 Å². The lowest BCUT2D eigenvalue weighted by Gasteiger charge is -2.13. The van der Waals surface area contributed by atoms with Gasteiger partial charge >= 0.3 is 0 Å². The van der Waals surface area contributed by atoms with E-state index in [-0.39, 0.29) is 17.0 Å². The highest BCUT2D eigenvalue weighted by Gasteiger charge is 2.20. The highest BCUT2D eigenvalue weighted by Crippen LogP contribution is 2.30. The summed E-state index contributed by atoms with van der Waals surface area (Å²) in [6.07, 6.45) is -2.34. The molecule has 0 aliphatic rings. The zero-order chi connectivity index (χ0) is 15.6. The Labute approximate surface area is 120 Å². The first kappa shape index (κ1) is 15.2. The Balaban J connectivity index is 2.75. The van der Waals surface area contributed by atoms with Gasteiger partial charge in [-0.25, -0.2) is 13.5 Å². The first-order valence-electron chi connectivity index (χ1n) is 6.62. The van der Waals surface area contributed by atoms with Crippen LogP contribution >= 0.6 is 0 Å². The van der Waals surface area contributed by atoms with Gasteiger partial charge in [-0.2, -0.15) is 5.10 Å². The van der Waals surface area contributed by atoms with Crippen LogP contribution in [0.2, 0.25) is 0 Å². The van der Waals surface area contributed by atoms with E-state index < -0.39 is 18.5 Å². The van der Waals surface area contributed by atoms with E-state index in [1.54, 1.807) is 38.1 Å². The van der Waals surface area contributed by atoms with E-state index in [1.807, 2.05) is 0 Å². The zero-order valence-corrected chi connectivity index (χ0v) is 11.8. The van der Waals surface area contributed by atoms with Crippen molar-refractivity contribution in [3.05, 3.63) is 45.9 Å². The lowest BCUT2D eigenvalue weighted by atomic mass is 10.0. The molecular weight excluding hydrogens is 278 g/mol. The molecule has 1 heterocycles. The van der Waals surface area contributed by atoms with E-state index in [2.05, 4.69) is 5.10 Å². The zero-order valence-electron chi connectivity index (χ0n) is 11.8. The summed E-state index contributed by atoms with van der Waals surface area (Å²) >= 11 is 0. The van der Waals surface area contributed by atoms with Gasteiger partial charge in [0.15, 0.2) is 5.75 Å². The first-order chi connectivity index (χ1) is 9.95. The summed E-state index contributed by atoms with van der Waals surface area (Å²) in [7, 11) is 0. The van der Waals surface area contributed by atoms with Crippen LogP contribution in [0.15, 0.2) is 29.1 Å². The number of nitrogens with zero attached hydrogens (tertiary/aromatic N) is 2. The minimum atomic E-state index is -2.69. The predicted molar refractivity (Wildman–Crippen MR) is 75.7 cm³/mol. The topological polar surface area (TPSA) is 55.1 Å². The molecule has 1 N–H and O–H groups in total. The van der Waals surface area contributed by atoms with Crippen LogP contribution in [0.1, 0.15) is 18.2 Å². The Morgan fingerprint density at radius 3 is 2.57 bits per heavy atom. The Kier molecular flexibility index (Phi) is 4.35. The molecule has 0 saturated heterocycles. The average molecular weight is 294 g/mol. The summed E-state index contributed by atoms with van der Waals surface area (Å²) in [5.41, 5.74) is 0.857. The van der Waals surface area contributed by atoms with Crippen molar-refractivity contribution in [2.24, 2.45) is 0 Å². The van der Waals surface area contributed by atoms with Gasteiger partial charge in [0.25, 0.3) is 12.0 Å². The smallest absolute Gasteiger partial charge is 0.278 e. The van der Waals surface area contributed by atoms with E-state index >= 15 is 0 Å². The quantitative estimate of drug-likeness (QED) is 0.943. The molecule has 0 atom stereocenters. The molecule has 2 rings (SSSR count). The second-order valence-corrected chi connectivity index (χ2v) is 4.72. The molecule has 0 aliphatic carbocycles. The maximum Gasteiger partial charge on any atom is 0.278 e. The molecule has 0 amide bonds. The van der Waals surface area contributed by atoms with E-state index in [4.69, 9.17) is 0 Å².